The average Bonchev–Trinajstić information content (AvgIpc) is 2.44. The molecule has 0 bridgehead atoms. The number of nitrogens with one attached hydrogen (secondary N) is 2. The van der Waals surface area contributed by atoms with E-state index in [0.29, 0.717) is 17.8 Å². The summed E-state index contributed by atoms with van der Waals surface area (Å²) in [6, 6.07) is 14.1. The van der Waals surface area contributed by atoms with Crippen molar-refractivity contribution in [1.29, 1.82) is 5.26 Å². The third-order valence-corrected chi connectivity index (χ3v) is 2.60. The van der Waals surface area contributed by atoms with Crippen LogP contribution in [-0.2, 0) is 6.42 Å². The Bertz CT molecular complexity index is 630. The van der Waals surface area contributed by atoms with Gasteiger partial charge in [0.1, 0.15) is 5.82 Å². The molecular formula is C15H12FN3O. The highest BCUT2D eigenvalue weighted by Gasteiger charge is 2.03. The zero-order valence-corrected chi connectivity index (χ0v) is 10.6. The quantitative estimate of drug-likeness (QED) is 0.895. The lowest BCUT2D eigenvalue weighted by Crippen LogP contribution is -2.19. The van der Waals surface area contributed by atoms with Crippen LogP contribution in [0.5, 0.6) is 0 Å². The van der Waals surface area contributed by atoms with Crippen molar-refractivity contribution in [2.45, 2.75) is 6.42 Å². The number of nitriles is 1. The molecule has 0 radical (unpaired) electrons. The van der Waals surface area contributed by atoms with E-state index in [1.807, 2.05) is 0 Å². The lowest BCUT2D eigenvalue weighted by atomic mass is 10.1. The molecule has 0 saturated carbocycles. The van der Waals surface area contributed by atoms with Crippen molar-refractivity contribution in [1.82, 2.24) is 0 Å². The second kappa shape index (κ2) is 6.34. The SMILES string of the molecule is N#CCc1ccc(NC(=O)Nc2ccc(F)cc2)cc1. The van der Waals surface area contributed by atoms with E-state index < -0.39 is 6.03 Å². The van der Waals surface area contributed by atoms with Crippen LogP contribution in [0.1, 0.15) is 5.56 Å². The Morgan fingerprint density at radius 1 is 1.00 bits per heavy atom. The fraction of sp³-hybridized carbons (Fsp3) is 0.0667. The van der Waals surface area contributed by atoms with Gasteiger partial charge >= 0.3 is 6.03 Å². The molecule has 0 heterocycles. The van der Waals surface area contributed by atoms with Crippen molar-refractivity contribution >= 4 is 17.4 Å². The predicted molar refractivity (Wildman–Crippen MR) is 74.8 cm³/mol. The highest BCUT2D eigenvalue weighted by Crippen LogP contribution is 2.12. The molecule has 2 N–H and O–H groups in total. The minimum Gasteiger partial charge on any atom is -0.308 e. The molecular weight excluding hydrogens is 257 g/mol. The van der Waals surface area contributed by atoms with E-state index in [4.69, 9.17) is 5.26 Å². The minimum atomic E-state index is -0.412. The maximum Gasteiger partial charge on any atom is 0.323 e. The van der Waals surface area contributed by atoms with E-state index in [2.05, 4.69) is 16.7 Å². The molecule has 4 nitrogen and oxygen atoms in total. The van der Waals surface area contributed by atoms with Crippen LogP contribution < -0.4 is 10.6 Å². The zero-order chi connectivity index (χ0) is 14.4. The second-order valence-electron chi connectivity index (χ2n) is 4.12. The number of urea groups is 1. The molecule has 2 aromatic carbocycles. The van der Waals surface area contributed by atoms with E-state index in [-0.39, 0.29) is 5.82 Å². The minimum absolute atomic E-state index is 0.335. The van der Waals surface area contributed by atoms with Crippen LogP contribution in [0.3, 0.4) is 0 Å². The lowest BCUT2D eigenvalue weighted by Gasteiger charge is -2.08. The summed E-state index contributed by atoms with van der Waals surface area (Å²) in [6.07, 6.45) is 0.335. The molecule has 20 heavy (non-hydrogen) atoms. The lowest BCUT2D eigenvalue weighted by molar-refractivity contribution is 0.262. The first-order valence-electron chi connectivity index (χ1n) is 5.97. The molecule has 0 saturated heterocycles. The first-order valence-corrected chi connectivity index (χ1v) is 5.97. The summed E-state index contributed by atoms with van der Waals surface area (Å²) < 4.78 is 12.7. The summed E-state index contributed by atoms with van der Waals surface area (Å²) >= 11 is 0. The maximum atomic E-state index is 12.7. The van der Waals surface area contributed by atoms with E-state index in [0.717, 1.165) is 5.56 Å². The van der Waals surface area contributed by atoms with Crippen LogP contribution >= 0.6 is 0 Å². The predicted octanol–water partition coefficient (Wildman–Crippen LogP) is 3.54. The molecule has 0 unspecified atom stereocenters. The molecule has 0 fully saturated rings. The van der Waals surface area contributed by atoms with Gasteiger partial charge in [-0.1, -0.05) is 12.1 Å². The van der Waals surface area contributed by atoms with Crippen molar-refractivity contribution in [2.24, 2.45) is 0 Å². The molecule has 0 spiro atoms. The molecule has 100 valence electrons. The van der Waals surface area contributed by atoms with Gasteiger partial charge in [-0.2, -0.15) is 5.26 Å². The van der Waals surface area contributed by atoms with E-state index in [9.17, 15) is 9.18 Å². The number of halogens is 1. The third-order valence-electron chi connectivity index (χ3n) is 2.60. The zero-order valence-electron chi connectivity index (χ0n) is 10.6. The molecule has 0 atom stereocenters. The van der Waals surface area contributed by atoms with Crippen molar-refractivity contribution in [3.05, 3.63) is 59.9 Å². The summed E-state index contributed by atoms with van der Waals surface area (Å²) in [5, 5.41) is 13.8. The maximum absolute atomic E-state index is 12.7. The first-order chi connectivity index (χ1) is 9.67. The molecule has 0 aromatic heterocycles. The molecule has 2 aromatic rings. The summed E-state index contributed by atoms with van der Waals surface area (Å²) in [5.74, 6) is -0.357. The van der Waals surface area contributed by atoms with Gasteiger partial charge in [0.15, 0.2) is 0 Å². The fourth-order valence-corrected chi connectivity index (χ4v) is 1.62. The van der Waals surface area contributed by atoms with Crippen molar-refractivity contribution in [3.63, 3.8) is 0 Å². The molecule has 0 aliphatic carbocycles. The van der Waals surface area contributed by atoms with E-state index in [1.54, 1.807) is 24.3 Å². The van der Waals surface area contributed by atoms with Gasteiger partial charge in [-0.25, -0.2) is 9.18 Å². The summed E-state index contributed by atoms with van der Waals surface area (Å²) in [6.45, 7) is 0. The summed E-state index contributed by atoms with van der Waals surface area (Å²) in [7, 11) is 0. The van der Waals surface area contributed by atoms with Crippen molar-refractivity contribution in [3.8, 4) is 6.07 Å². The number of carbonyl (C=O) groups excluding carboxylic acids is 1. The molecule has 0 aliphatic rings. The van der Waals surface area contributed by atoms with Crippen LogP contribution in [0.15, 0.2) is 48.5 Å². The smallest absolute Gasteiger partial charge is 0.308 e. The van der Waals surface area contributed by atoms with Crippen molar-refractivity contribution < 1.29 is 9.18 Å². The number of anilines is 2. The van der Waals surface area contributed by atoms with Crippen molar-refractivity contribution in [2.75, 3.05) is 10.6 Å². The van der Waals surface area contributed by atoms with Gasteiger partial charge in [0.25, 0.3) is 0 Å². The van der Waals surface area contributed by atoms with Gasteiger partial charge in [-0.05, 0) is 42.0 Å². The summed E-state index contributed by atoms with van der Waals surface area (Å²) in [4.78, 5) is 11.7. The number of amides is 2. The molecule has 0 aliphatic heterocycles. The number of benzene rings is 2. The number of hydrogen-bond donors (Lipinski definition) is 2. The second-order valence-corrected chi connectivity index (χ2v) is 4.12. The Hall–Kier alpha value is -2.87. The Balaban J connectivity index is 1.94. The van der Waals surface area contributed by atoms with Gasteiger partial charge in [-0.15, -0.1) is 0 Å². The topological polar surface area (TPSA) is 64.9 Å². The Kier molecular flexibility index (Phi) is 4.30. The van der Waals surface area contributed by atoms with Crippen LogP contribution in [0, 0.1) is 17.1 Å². The Morgan fingerprint density at radius 3 is 2.00 bits per heavy atom. The number of carbonyl (C=O) groups is 1. The van der Waals surface area contributed by atoms with E-state index in [1.165, 1.54) is 24.3 Å². The Labute approximate surface area is 115 Å². The standard InChI is InChI=1S/C15H12FN3O/c16-12-3-7-14(8-4-12)19-15(20)18-13-5-1-11(2-6-13)9-10-17/h1-8H,9H2,(H2,18,19,20). The number of rotatable bonds is 3. The van der Waals surface area contributed by atoms with E-state index >= 15 is 0 Å². The van der Waals surface area contributed by atoms with Crippen LogP contribution in [0.25, 0.3) is 0 Å². The third kappa shape index (κ3) is 3.82. The highest BCUT2D eigenvalue weighted by molar-refractivity contribution is 5.99. The fourth-order valence-electron chi connectivity index (χ4n) is 1.62. The van der Waals surface area contributed by atoms with Gasteiger partial charge in [0.05, 0.1) is 12.5 Å². The number of nitrogens with zero attached hydrogens (tertiary/aromatic N) is 1. The van der Waals surface area contributed by atoms with Gasteiger partial charge in [0, 0.05) is 11.4 Å². The highest BCUT2D eigenvalue weighted by atomic mass is 19.1. The first kappa shape index (κ1) is 13.6. The van der Waals surface area contributed by atoms with Gasteiger partial charge < -0.3 is 10.6 Å². The van der Waals surface area contributed by atoms with Crippen LogP contribution in [0.2, 0.25) is 0 Å². The van der Waals surface area contributed by atoms with Gasteiger partial charge in [-0.3, -0.25) is 0 Å². The molecule has 5 heteroatoms. The number of hydrogen-bond acceptors (Lipinski definition) is 2. The summed E-state index contributed by atoms with van der Waals surface area (Å²) in [5.41, 5.74) is 2.01. The molecule has 2 rings (SSSR count). The van der Waals surface area contributed by atoms with Crippen LogP contribution in [0.4, 0.5) is 20.6 Å². The largest absolute Gasteiger partial charge is 0.323 e. The normalized spacial score (nSPS) is 9.60. The molecule has 2 amide bonds. The monoisotopic (exact) mass is 269 g/mol. The van der Waals surface area contributed by atoms with Crippen LogP contribution in [-0.4, -0.2) is 6.03 Å². The van der Waals surface area contributed by atoms with Gasteiger partial charge in [0.2, 0.25) is 0 Å². The average molecular weight is 269 g/mol. The Morgan fingerprint density at radius 2 is 1.50 bits per heavy atom.